The molecular weight excluding hydrogens is 425 g/mol. The number of nitrogens with one attached hydrogen (secondary N) is 1. The Morgan fingerprint density at radius 3 is 2.16 bits per heavy atom. The van der Waals surface area contributed by atoms with Crippen molar-refractivity contribution in [1.82, 2.24) is 14.7 Å². The summed E-state index contributed by atoms with van der Waals surface area (Å²) < 4.78 is 46.0. The van der Waals surface area contributed by atoms with Gasteiger partial charge in [-0.1, -0.05) is 0 Å². The lowest BCUT2D eigenvalue weighted by Gasteiger charge is -2.36. The first-order valence-corrected chi connectivity index (χ1v) is 11.3. The fourth-order valence-electron chi connectivity index (χ4n) is 3.72. The van der Waals surface area contributed by atoms with Gasteiger partial charge in [0.2, 0.25) is 10.0 Å². The number of halogens is 1. The standard InChI is InChI=1S/C21H26FN3O5S/c1-24-13-11-15(12-14-24)20(21(26)23-27)25(2)31(28,29)19-9-7-18(8-10-19)30-17-5-3-16(22)4-6-17/h3-10,15,20,27H,11-14H2,1-2H3,(H,23,26). The molecule has 1 aliphatic heterocycles. The van der Waals surface area contributed by atoms with Crippen LogP contribution in [0.15, 0.2) is 53.4 Å². The second-order valence-electron chi connectivity index (χ2n) is 7.61. The normalized spacial score (nSPS) is 16.8. The third-order valence-electron chi connectivity index (χ3n) is 5.53. The van der Waals surface area contributed by atoms with Gasteiger partial charge < -0.3 is 9.64 Å². The Hall–Kier alpha value is -2.53. The van der Waals surface area contributed by atoms with Gasteiger partial charge in [-0.15, -0.1) is 0 Å². The summed E-state index contributed by atoms with van der Waals surface area (Å²) in [7, 11) is -0.699. The number of hydrogen-bond acceptors (Lipinski definition) is 6. The predicted molar refractivity (Wildman–Crippen MR) is 112 cm³/mol. The van der Waals surface area contributed by atoms with Crippen LogP contribution in [-0.2, 0) is 14.8 Å². The van der Waals surface area contributed by atoms with Crippen molar-refractivity contribution in [3.8, 4) is 11.5 Å². The second-order valence-corrected chi connectivity index (χ2v) is 9.61. The molecule has 10 heteroatoms. The first-order valence-electron chi connectivity index (χ1n) is 9.86. The van der Waals surface area contributed by atoms with Gasteiger partial charge in [0, 0.05) is 7.05 Å². The Labute approximate surface area is 181 Å². The third-order valence-corrected chi connectivity index (χ3v) is 7.38. The SMILES string of the molecule is CN1CCC(C(C(=O)NO)N(C)S(=O)(=O)c2ccc(Oc3ccc(F)cc3)cc2)CC1. The number of sulfonamides is 1. The Kier molecular flexibility index (Phi) is 7.26. The molecule has 1 atom stereocenters. The van der Waals surface area contributed by atoms with E-state index in [1.54, 1.807) is 5.48 Å². The van der Waals surface area contributed by atoms with E-state index < -0.39 is 22.0 Å². The Morgan fingerprint density at radius 1 is 1.13 bits per heavy atom. The summed E-state index contributed by atoms with van der Waals surface area (Å²) in [6, 6.07) is 10.2. The lowest BCUT2D eigenvalue weighted by molar-refractivity contribution is -0.135. The van der Waals surface area contributed by atoms with Crippen LogP contribution < -0.4 is 10.2 Å². The molecule has 2 N–H and O–H groups in total. The van der Waals surface area contributed by atoms with Gasteiger partial charge in [0.1, 0.15) is 23.4 Å². The number of hydrogen-bond donors (Lipinski definition) is 2. The molecule has 8 nitrogen and oxygen atoms in total. The Balaban J connectivity index is 1.79. The maximum absolute atomic E-state index is 13.2. The topological polar surface area (TPSA) is 99.2 Å². The summed E-state index contributed by atoms with van der Waals surface area (Å²) in [5.74, 6) is -0.562. The Bertz CT molecular complexity index is 991. The van der Waals surface area contributed by atoms with Crippen LogP contribution in [0.4, 0.5) is 4.39 Å². The number of carbonyl (C=O) groups excluding carboxylic acids is 1. The van der Waals surface area contributed by atoms with E-state index in [1.165, 1.54) is 55.6 Å². The molecule has 0 aromatic heterocycles. The zero-order chi connectivity index (χ0) is 22.6. The van der Waals surface area contributed by atoms with Gasteiger partial charge in [-0.05, 0) is 87.4 Å². The maximum atomic E-state index is 13.2. The number of hydroxylamine groups is 1. The van der Waals surface area contributed by atoms with E-state index in [4.69, 9.17) is 4.74 Å². The van der Waals surface area contributed by atoms with E-state index in [0.717, 1.165) is 17.4 Å². The van der Waals surface area contributed by atoms with Crippen molar-refractivity contribution in [3.05, 3.63) is 54.3 Å². The van der Waals surface area contributed by atoms with E-state index in [9.17, 15) is 22.8 Å². The van der Waals surface area contributed by atoms with Crippen LogP contribution >= 0.6 is 0 Å². The highest BCUT2D eigenvalue weighted by molar-refractivity contribution is 7.89. The minimum Gasteiger partial charge on any atom is -0.457 e. The van der Waals surface area contributed by atoms with Crippen molar-refractivity contribution in [3.63, 3.8) is 0 Å². The van der Waals surface area contributed by atoms with Gasteiger partial charge in [-0.2, -0.15) is 4.31 Å². The van der Waals surface area contributed by atoms with Crippen LogP contribution in [0.3, 0.4) is 0 Å². The molecule has 1 saturated heterocycles. The molecule has 1 amide bonds. The van der Waals surface area contributed by atoms with Crippen molar-refractivity contribution in [1.29, 1.82) is 0 Å². The molecule has 3 rings (SSSR count). The minimum absolute atomic E-state index is 0.00914. The molecule has 0 radical (unpaired) electrons. The number of rotatable bonds is 7. The minimum atomic E-state index is -4.01. The molecule has 1 fully saturated rings. The fourth-order valence-corrected chi connectivity index (χ4v) is 5.10. The van der Waals surface area contributed by atoms with Gasteiger partial charge in [0.25, 0.3) is 5.91 Å². The molecule has 2 aromatic carbocycles. The summed E-state index contributed by atoms with van der Waals surface area (Å²) >= 11 is 0. The van der Waals surface area contributed by atoms with E-state index in [-0.39, 0.29) is 16.6 Å². The molecule has 31 heavy (non-hydrogen) atoms. The Morgan fingerprint density at radius 2 is 1.65 bits per heavy atom. The lowest BCUT2D eigenvalue weighted by atomic mass is 9.89. The molecule has 1 unspecified atom stereocenters. The number of likely N-dealkylation sites (tertiary alicyclic amines) is 1. The van der Waals surface area contributed by atoms with Crippen LogP contribution in [0.5, 0.6) is 11.5 Å². The van der Waals surface area contributed by atoms with E-state index in [1.807, 2.05) is 7.05 Å². The van der Waals surface area contributed by atoms with Crippen molar-refractivity contribution < 1.29 is 27.5 Å². The molecule has 2 aromatic rings. The van der Waals surface area contributed by atoms with Crippen molar-refractivity contribution in [2.24, 2.45) is 5.92 Å². The van der Waals surface area contributed by atoms with E-state index in [0.29, 0.717) is 24.3 Å². The van der Waals surface area contributed by atoms with Gasteiger partial charge in [-0.25, -0.2) is 18.3 Å². The number of carbonyl (C=O) groups is 1. The number of amides is 1. The van der Waals surface area contributed by atoms with Crippen molar-refractivity contribution in [2.75, 3.05) is 27.2 Å². The fraction of sp³-hybridized carbons (Fsp3) is 0.381. The van der Waals surface area contributed by atoms with E-state index in [2.05, 4.69) is 4.90 Å². The lowest BCUT2D eigenvalue weighted by Crippen LogP contribution is -2.53. The number of likely N-dealkylation sites (N-methyl/N-ethyl adjacent to an activating group) is 1. The van der Waals surface area contributed by atoms with Crippen LogP contribution in [0.25, 0.3) is 0 Å². The molecule has 1 heterocycles. The largest absolute Gasteiger partial charge is 0.457 e. The van der Waals surface area contributed by atoms with Crippen LogP contribution in [0.1, 0.15) is 12.8 Å². The van der Waals surface area contributed by atoms with Crippen molar-refractivity contribution >= 4 is 15.9 Å². The zero-order valence-electron chi connectivity index (χ0n) is 17.4. The van der Waals surface area contributed by atoms with Crippen LogP contribution in [0, 0.1) is 11.7 Å². The smallest absolute Gasteiger partial charge is 0.262 e. The average Bonchev–Trinajstić information content (AvgIpc) is 2.77. The monoisotopic (exact) mass is 451 g/mol. The molecule has 168 valence electrons. The highest BCUT2D eigenvalue weighted by Crippen LogP contribution is 2.29. The first-order chi connectivity index (χ1) is 14.7. The van der Waals surface area contributed by atoms with Gasteiger partial charge >= 0.3 is 0 Å². The predicted octanol–water partition coefficient (Wildman–Crippen LogP) is 2.45. The molecular formula is C21H26FN3O5S. The second kappa shape index (κ2) is 9.73. The molecule has 0 aliphatic carbocycles. The van der Waals surface area contributed by atoms with Crippen molar-refractivity contribution in [2.45, 2.75) is 23.8 Å². The molecule has 1 aliphatic rings. The van der Waals surface area contributed by atoms with Gasteiger partial charge in [0.05, 0.1) is 4.90 Å². The molecule has 0 bridgehead atoms. The highest BCUT2D eigenvalue weighted by Gasteiger charge is 2.39. The van der Waals surface area contributed by atoms with Crippen LogP contribution in [-0.4, -0.2) is 62.0 Å². The molecule has 0 saturated carbocycles. The third kappa shape index (κ3) is 5.40. The molecule has 0 spiro atoms. The average molecular weight is 452 g/mol. The number of ether oxygens (including phenoxy) is 1. The van der Waals surface area contributed by atoms with Crippen LogP contribution in [0.2, 0.25) is 0 Å². The maximum Gasteiger partial charge on any atom is 0.262 e. The quantitative estimate of drug-likeness (QED) is 0.496. The zero-order valence-corrected chi connectivity index (χ0v) is 18.2. The van der Waals surface area contributed by atoms with Gasteiger partial charge in [0.15, 0.2) is 0 Å². The summed E-state index contributed by atoms with van der Waals surface area (Å²) in [6.07, 6.45) is 1.28. The summed E-state index contributed by atoms with van der Waals surface area (Å²) in [6.45, 7) is 1.48. The summed E-state index contributed by atoms with van der Waals surface area (Å²) in [5, 5.41) is 9.20. The number of nitrogens with zero attached hydrogens (tertiary/aromatic N) is 2. The number of benzene rings is 2. The first kappa shape index (κ1) is 23.1. The summed E-state index contributed by atoms with van der Waals surface area (Å²) in [5.41, 5.74) is 1.61. The highest BCUT2D eigenvalue weighted by atomic mass is 32.2. The number of piperidine rings is 1. The summed E-state index contributed by atoms with van der Waals surface area (Å²) in [4.78, 5) is 14.5. The van der Waals surface area contributed by atoms with Gasteiger partial charge in [-0.3, -0.25) is 10.0 Å². The van der Waals surface area contributed by atoms with E-state index >= 15 is 0 Å².